The van der Waals surface area contributed by atoms with Gasteiger partial charge in [-0.1, -0.05) is 6.07 Å². The summed E-state index contributed by atoms with van der Waals surface area (Å²) in [4.78, 5) is 31.7. The molecule has 0 unspecified atom stereocenters. The maximum Gasteiger partial charge on any atom is 0.287 e. The van der Waals surface area contributed by atoms with Gasteiger partial charge in [0.15, 0.2) is 6.04 Å². The van der Waals surface area contributed by atoms with Gasteiger partial charge >= 0.3 is 0 Å². The van der Waals surface area contributed by atoms with Crippen molar-refractivity contribution in [2.24, 2.45) is 0 Å². The number of carbonyl (C=O) groups is 2. The standard InChI is InChI=1S/C14H18N4O2/c1-16-13(19)10-11(14(16)20)17-6-8-18(9-7-17)12-4-2-3-5-15-12/h2-5,11H,6-10H2,1H3/p+2/t11-/m1/s1. The van der Waals surface area contributed by atoms with E-state index in [1.807, 2.05) is 18.3 Å². The zero-order chi connectivity index (χ0) is 14.1. The van der Waals surface area contributed by atoms with E-state index in [9.17, 15) is 9.59 Å². The maximum absolute atomic E-state index is 12.0. The number of carbonyl (C=O) groups excluding carboxylic acids is 2. The second-order valence-corrected chi connectivity index (χ2v) is 5.44. The molecule has 3 rings (SSSR count). The lowest BCUT2D eigenvalue weighted by Gasteiger charge is -2.30. The molecule has 2 amide bonds. The summed E-state index contributed by atoms with van der Waals surface area (Å²) in [6.07, 6.45) is 2.28. The number of nitrogens with zero attached hydrogens (tertiary/aromatic N) is 2. The molecular formula is C14H20N4O2+2. The van der Waals surface area contributed by atoms with Crippen LogP contribution in [0.2, 0.25) is 0 Å². The molecule has 0 spiro atoms. The zero-order valence-electron chi connectivity index (χ0n) is 11.6. The first-order chi connectivity index (χ1) is 9.66. The molecule has 106 valence electrons. The number of anilines is 1. The minimum absolute atomic E-state index is 0.0234. The average Bonchev–Trinajstić information content (AvgIpc) is 2.76. The van der Waals surface area contributed by atoms with Crippen LogP contribution in [0.25, 0.3) is 0 Å². The van der Waals surface area contributed by atoms with Gasteiger partial charge in [0.2, 0.25) is 5.91 Å². The summed E-state index contributed by atoms with van der Waals surface area (Å²) < 4.78 is 0. The SMILES string of the molecule is CN1C(=O)C[C@@H]([NH+]2CCN(c3cccc[nH+]3)CC2)C1=O. The molecule has 2 N–H and O–H groups in total. The van der Waals surface area contributed by atoms with Gasteiger partial charge in [-0.05, 0) is 6.07 Å². The topological polar surface area (TPSA) is 59.2 Å². The summed E-state index contributed by atoms with van der Waals surface area (Å²) in [5.41, 5.74) is 0. The molecule has 0 aliphatic carbocycles. The van der Waals surface area contributed by atoms with Crippen molar-refractivity contribution in [3.05, 3.63) is 24.4 Å². The Balaban J connectivity index is 1.62. The van der Waals surface area contributed by atoms with Crippen LogP contribution in [0.5, 0.6) is 0 Å². The van der Waals surface area contributed by atoms with E-state index in [0.717, 1.165) is 32.0 Å². The third-order valence-electron chi connectivity index (χ3n) is 4.31. The van der Waals surface area contributed by atoms with Crippen molar-refractivity contribution < 1.29 is 19.5 Å². The van der Waals surface area contributed by atoms with Crippen molar-refractivity contribution in [1.82, 2.24) is 4.90 Å². The summed E-state index contributed by atoms with van der Waals surface area (Å²) in [5.74, 6) is 1.04. The van der Waals surface area contributed by atoms with Crippen molar-refractivity contribution in [3.8, 4) is 0 Å². The molecule has 0 radical (unpaired) electrons. The van der Waals surface area contributed by atoms with Crippen LogP contribution >= 0.6 is 0 Å². The van der Waals surface area contributed by atoms with Crippen LogP contribution in [-0.2, 0) is 9.59 Å². The van der Waals surface area contributed by atoms with Gasteiger partial charge in [0.1, 0.15) is 26.2 Å². The second-order valence-electron chi connectivity index (χ2n) is 5.44. The largest absolute Gasteiger partial charge is 0.318 e. The number of hydrogen-bond donors (Lipinski definition) is 1. The average molecular weight is 276 g/mol. The molecule has 1 atom stereocenters. The number of amides is 2. The quantitative estimate of drug-likeness (QED) is 0.633. The van der Waals surface area contributed by atoms with Gasteiger partial charge in [-0.3, -0.25) is 19.4 Å². The summed E-state index contributed by atoms with van der Waals surface area (Å²) in [7, 11) is 1.58. The van der Waals surface area contributed by atoms with Crippen LogP contribution < -0.4 is 14.8 Å². The third kappa shape index (κ3) is 2.27. The Bertz CT molecular complexity index is 511. The molecule has 0 aromatic carbocycles. The van der Waals surface area contributed by atoms with Gasteiger partial charge in [-0.2, -0.15) is 0 Å². The Morgan fingerprint density at radius 2 is 2.00 bits per heavy atom. The number of quaternary nitrogens is 1. The van der Waals surface area contributed by atoms with Crippen molar-refractivity contribution in [2.75, 3.05) is 38.1 Å². The minimum atomic E-state index is -0.172. The molecule has 2 aliphatic heterocycles. The Labute approximate surface area is 118 Å². The Morgan fingerprint density at radius 3 is 2.55 bits per heavy atom. The van der Waals surface area contributed by atoms with Crippen LogP contribution in [0.4, 0.5) is 5.82 Å². The van der Waals surface area contributed by atoms with E-state index < -0.39 is 0 Å². The van der Waals surface area contributed by atoms with Crippen LogP contribution in [0.1, 0.15) is 6.42 Å². The lowest BCUT2D eigenvalue weighted by molar-refractivity contribution is -0.915. The fraction of sp³-hybridized carbons (Fsp3) is 0.500. The fourth-order valence-electron chi connectivity index (χ4n) is 3.04. The van der Waals surface area contributed by atoms with Gasteiger partial charge in [-0.25, -0.2) is 4.98 Å². The highest BCUT2D eigenvalue weighted by molar-refractivity contribution is 6.04. The number of piperazine rings is 1. The number of rotatable bonds is 2. The van der Waals surface area contributed by atoms with Gasteiger partial charge < -0.3 is 4.90 Å². The van der Waals surface area contributed by atoms with E-state index in [-0.39, 0.29) is 17.9 Å². The monoisotopic (exact) mass is 276 g/mol. The molecule has 2 aliphatic rings. The van der Waals surface area contributed by atoms with Gasteiger partial charge in [0.25, 0.3) is 11.7 Å². The molecule has 2 fully saturated rings. The predicted octanol–water partition coefficient (Wildman–Crippen LogP) is -2.04. The Hall–Kier alpha value is -1.95. The third-order valence-corrected chi connectivity index (χ3v) is 4.31. The summed E-state index contributed by atoms with van der Waals surface area (Å²) in [6.45, 7) is 3.58. The summed E-state index contributed by atoms with van der Waals surface area (Å²) in [5, 5.41) is 0. The first kappa shape index (κ1) is 13.1. The smallest absolute Gasteiger partial charge is 0.287 e. The molecule has 0 saturated carbocycles. The first-order valence-corrected chi connectivity index (χ1v) is 7.03. The van der Waals surface area contributed by atoms with E-state index in [4.69, 9.17) is 0 Å². The van der Waals surface area contributed by atoms with E-state index in [1.54, 1.807) is 7.05 Å². The van der Waals surface area contributed by atoms with Gasteiger partial charge in [0, 0.05) is 13.1 Å². The number of nitrogens with one attached hydrogen (secondary N) is 2. The summed E-state index contributed by atoms with van der Waals surface area (Å²) >= 11 is 0. The summed E-state index contributed by atoms with van der Waals surface area (Å²) in [6, 6.07) is 5.86. The second kappa shape index (κ2) is 5.20. The highest BCUT2D eigenvalue weighted by Crippen LogP contribution is 2.10. The van der Waals surface area contributed by atoms with Gasteiger partial charge in [-0.15, -0.1) is 0 Å². The van der Waals surface area contributed by atoms with Crippen molar-refractivity contribution in [2.45, 2.75) is 12.5 Å². The number of hydrogen-bond acceptors (Lipinski definition) is 3. The predicted molar refractivity (Wildman–Crippen MR) is 72.1 cm³/mol. The molecule has 0 bridgehead atoms. The van der Waals surface area contributed by atoms with Crippen LogP contribution in [-0.4, -0.2) is 56.0 Å². The lowest BCUT2D eigenvalue weighted by atomic mass is 10.1. The fourth-order valence-corrected chi connectivity index (χ4v) is 3.04. The van der Waals surface area contributed by atoms with Crippen LogP contribution in [0.15, 0.2) is 24.4 Å². The maximum atomic E-state index is 12.0. The minimum Gasteiger partial charge on any atom is -0.318 e. The molecule has 6 nitrogen and oxygen atoms in total. The molecular weight excluding hydrogens is 256 g/mol. The molecule has 2 saturated heterocycles. The van der Waals surface area contributed by atoms with Crippen molar-refractivity contribution in [3.63, 3.8) is 0 Å². The van der Waals surface area contributed by atoms with E-state index in [0.29, 0.717) is 6.42 Å². The zero-order valence-corrected chi connectivity index (χ0v) is 11.6. The van der Waals surface area contributed by atoms with Crippen molar-refractivity contribution >= 4 is 17.6 Å². The molecule has 20 heavy (non-hydrogen) atoms. The Morgan fingerprint density at radius 1 is 1.25 bits per heavy atom. The number of imide groups is 1. The molecule has 1 aromatic rings. The van der Waals surface area contributed by atoms with E-state index >= 15 is 0 Å². The number of aromatic amines is 1. The number of aromatic nitrogens is 1. The first-order valence-electron chi connectivity index (χ1n) is 7.03. The van der Waals surface area contributed by atoms with E-state index in [2.05, 4.69) is 16.0 Å². The number of likely N-dealkylation sites (N-methyl/N-ethyl adjacent to an activating group) is 1. The number of pyridine rings is 1. The molecule has 6 heteroatoms. The molecule has 3 heterocycles. The van der Waals surface area contributed by atoms with Crippen LogP contribution in [0, 0.1) is 0 Å². The van der Waals surface area contributed by atoms with Crippen LogP contribution in [0.3, 0.4) is 0 Å². The van der Waals surface area contributed by atoms with E-state index in [1.165, 1.54) is 9.80 Å². The lowest BCUT2D eigenvalue weighted by Crippen LogP contribution is -3.19. The highest BCUT2D eigenvalue weighted by Gasteiger charge is 2.44. The number of H-pyrrole nitrogens is 1. The number of likely N-dealkylation sites (tertiary alicyclic amines) is 1. The highest BCUT2D eigenvalue weighted by atomic mass is 16.2. The van der Waals surface area contributed by atoms with Crippen molar-refractivity contribution in [1.29, 1.82) is 0 Å². The Kier molecular flexibility index (Phi) is 3.40. The van der Waals surface area contributed by atoms with Gasteiger partial charge in [0.05, 0.1) is 12.6 Å². The molecule has 1 aromatic heterocycles. The normalized spacial score (nSPS) is 24.6.